The maximum Gasteiger partial charge on any atom is 0.325 e. The summed E-state index contributed by atoms with van der Waals surface area (Å²) >= 11 is 0. The molecule has 0 radical (unpaired) electrons. The summed E-state index contributed by atoms with van der Waals surface area (Å²) in [5.41, 5.74) is 5.82. The molecule has 0 amide bonds. The van der Waals surface area contributed by atoms with E-state index in [1.807, 2.05) is 68.7 Å². The minimum atomic E-state index is -1.10. The van der Waals surface area contributed by atoms with Crippen LogP contribution >= 0.6 is 0 Å². The molecule has 0 heterocycles. The van der Waals surface area contributed by atoms with Crippen LogP contribution in [0.25, 0.3) is 11.1 Å². The lowest BCUT2D eigenvalue weighted by molar-refractivity contribution is -0.145. The molecule has 0 fully saturated rings. The largest absolute Gasteiger partial charge is 0.492 e. The van der Waals surface area contributed by atoms with Gasteiger partial charge in [-0.05, 0) is 73.1 Å². The molecule has 0 aliphatic carbocycles. The quantitative estimate of drug-likeness (QED) is 0.220. The van der Waals surface area contributed by atoms with Gasteiger partial charge in [-0.2, -0.15) is 0 Å². The Balaban J connectivity index is 0.00000274. The highest BCUT2D eigenvalue weighted by atomic mass is 16.5. The van der Waals surface area contributed by atoms with Crippen molar-refractivity contribution in [3.63, 3.8) is 0 Å². The predicted molar refractivity (Wildman–Crippen MR) is 161 cm³/mol. The molecule has 9 heteroatoms. The number of ether oxygens (including phenoxy) is 1. The molecule has 0 bridgehead atoms. The first-order valence-electron chi connectivity index (χ1n) is 13.1. The molecule has 8 nitrogen and oxygen atoms in total. The highest BCUT2D eigenvalue weighted by molar-refractivity contribution is 5.98. The summed E-state index contributed by atoms with van der Waals surface area (Å²) in [4.78, 5) is 26.5. The third-order valence-corrected chi connectivity index (χ3v) is 6.30. The van der Waals surface area contributed by atoms with Crippen LogP contribution in [0.4, 0.5) is 0 Å². The standard InChI is InChI=1S/C31H36N2O5.BH3O/c1-5-27(22-9-7-6-8-10-22)29(24-15-17-26(18-16-24)38-20-19-32(2)3)23-11-13-25(14-12-23)30(31(36)37)33(4)21-28(34)35;1-2/h6-18,30H,5,19-21H2,1-4H3,(H,34,35)(H,36,37);2H,1H2. The van der Waals surface area contributed by atoms with Gasteiger partial charge in [-0.15, -0.1) is 0 Å². The van der Waals surface area contributed by atoms with Gasteiger partial charge in [0.25, 0.3) is 8.05 Å². The number of rotatable bonds is 13. The molecule has 0 saturated carbocycles. The summed E-state index contributed by atoms with van der Waals surface area (Å²) < 4.78 is 5.88. The second-order valence-electron chi connectivity index (χ2n) is 9.42. The third kappa shape index (κ3) is 9.08. The SMILES string of the molecule is BO.CCC(=C(c1ccc(OCCN(C)C)cc1)c1ccc(C(C(=O)O)N(C)CC(=O)O)cc1)c1ccccc1. The maximum absolute atomic E-state index is 12.0. The number of hydrogen-bond donors (Lipinski definition) is 3. The number of carbonyl (C=O) groups is 2. The summed E-state index contributed by atoms with van der Waals surface area (Å²) in [6.07, 6.45) is 0.793. The van der Waals surface area contributed by atoms with Crippen molar-refractivity contribution in [1.82, 2.24) is 9.80 Å². The number of carboxylic acids is 2. The smallest absolute Gasteiger partial charge is 0.325 e. The van der Waals surface area contributed by atoms with Crippen molar-refractivity contribution in [2.24, 2.45) is 0 Å². The summed E-state index contributed by atoms with van der Waals surface area (Å²) in [6, 6.07) is 24.5. The number of allylic oxidation sites excluding steroid dienone is 1. The third-order valence-electron chi connectivity index (χ3n) is 6.30. The van der Waals surface area contributed by atoms with Crippen LogP contribution in [-0.4, -0.2) is 85.9 Å². The van der Waals surface area contributed by atoms with E-state index in [9.17, 15) is 14.7 Å². The fourth-order valence-corrected chi connectivity index (χ4v) is 4.47. The van der Waals surface area contributed by atoms with Crippen LogP contribution in [0.5, 0.6) is 5.75 Å². The molecule has 0 saturated heterocycles. The van der Waals surface area contributed by atoms with E-state index in [1.54, 1.807) is 12.1 Å². The Labute approximate surface area is 237 Å². The van der Waals surface area contributed by atoms with E-state index < -0.39 is 18.0 Å². The number of likely N-dealkylation sites (N-methyl/N-ethyl adjacent to an activating group) is 2. The molecule has 0 aromatic heterocycles. The van der Waals surface area contributed by atoms with E-state index in [4.69, 9.17) is 14.9 Å². The topological polar surface area (TPSA) is 111 Å². The molecule has 40 heavy (non-hydrogen) atoms. The molecule has 3 aromatic rings. The highest BCUT2D eigenvalue weighted by Crippen LogP contribution is 2.35. The van der Waals surface area contributed by atoms with Gasteiger partial charge >= 0.3 is 11.9 Å². The Bertz CT molecular complexity index is 1250. The van der Waals surface area contributed by atoms with Crippen molar-refractivity contribution in [2.75, 3.05) is 40.8 Å². The van der Waals surface area contributed by atoms with E-state index in [-0.39, 0.29) is 6.54 Å². The van der Waals surface area contributed by atoms with Crippen molar-refractivity contribution in [2.45, 2.75) is 19.4 Å². The van der Waals surface area contributed by atoms with Crippen molar-refractivity contribution in [1.29, 1.82) is 0 Å². The molecule has 1 atom stereocenters. The number of aliphatic carboxylic acids is 2. The maximum atomic E-state index is 12.0. The molecule has 3 rings (SSSR count). The van der Waals surface area contributed by atoms with Gasteiger partial charge in [-0.3, -0.25) is 14.5 Å². The molecular weight excluding hydrogens is 507 g/mol. The molecule has 0 spiro atoms. The minimum Gasteiger partial charge on any atom is -0.492 e. The average Bonchev–Trinajstić information content (AvgIpc) is 2.93. The fraction of sp³-hybridized carbons (Fsp3) is 0.290. The van der Waals surface area contributed by atoms with Crippen LogP contribution in [0.3, 0.4) is 0 Å². The number of nitrogens with zero attached hydrogens (tertiary/aromatic N) is 2. The lowest BCUT2D eigenvalue weighted by Crippen LogP contribution is -2.34. The van der Waals surface area contributed by atoms with Crippen LogP contribution in [0, 0.1) is 0 Å². The predicted octanol–water partition coefficient (Wildman–Crippen LogP) is 3.67. The Morgan fingerprint density at radius 1 is 0.825 bits per heavy atom. The zero-order chi connectivity index (χ0) is 29.7. The second-order valence-corrected chi connectivity index (χ2v) is 9.42. The molecule has 0 aliphatic heterocycles. The van der Waals surface area contributed by atoms with Gasteiger partial charge in [-0.25, -0.2) is 0 Å². The second kappa shape index (κ2) is 16.2. The lowest BCUT2D eigenvalue weighted by Gasteiger charge is -2.24. The van der Waals surface area contributed by atoms with Crippen LogP contribution < -0.4 is 4.74 Å². The summed E-state index contributed by atoms with van der Waals surface area (Å²) in [5, 5.41) is 25.9. The van der Waals surface area contributed by atoms with Crippen LogP contribution in [0.2, 0.25) is 0 Å². The van der Waals surface area contributed by atoms with Crippen LogP contribution in [-0.2, 0) is 9.59 Å². The van der Waals surface area contributed by atoms with Gasteiger partial charge in [0.2, 0.25) is 0 Å². The number of benzene rings is 3. The Hall–Kier alpha value is -3.92. The Kier molecular flexibility index (Phi) is 13.1. The zero-order valence-electron chi connectivity index (χ0n) is 23.9. The summed E-state index contributed by atoms with van der Waals surface area (Å²) in [6.45, 7) is 3.17. The molecule has 1 unspecified atom stereocenters. The summed E-state index contributed by atoms with van der Waals surface area (Å²) in [7, 11) is 6.51. The zero-order valence-corrected chi connectivity index (χ0v) is 23.9. The van der Waals surface area contributed by atoms with E-state index in [1.165, 1.54) is 11.9 Å². The fourth-order valence-electron chi connectivity index (χ4n) is 4.47. The van der Waals surface area contributed by atoms with Crippen LogP contribution in [0.15, 0.2) is 78.9 Å². The minimum absolute atomic E-state index is 0.374. The highest BCUT2D eigenvalue weighted by Gasteiger charge is 2.26. The molecule has 212 valence electrons. The molecule has 3 aromatic carbocycles. The van der Waals surface area contributed by atoms with Gasteiger partial charge in [0.05, 0.1) is 6.54 Å². The average molecular weight is 546 g/mol. The van der Waals surface area contributed by atoms with E-state index in [0.717, 1.165) is 54.6 Å². The normalized spacial score (nSPS) is 12.3. The van der Waals surface area contributed by atoms with E-state index in [2.05, 4.69) is 24.0 Å². The van der Waals surface area contributed by atoms with Gasteiger partial charge < -0.3 is 24.9 Å². The number of carboxylic acid groups (broad SMARTS) is 2. The lowest BCUT2D eigenvalue weighted by atomic mass is 9.87. The summed E-state index contributed by atoms with van der Waals surface area (Å²) in [5.74, 6) is -1.38. The van der Waals surface area contributed by atoms with Gasteiger partial charge in [0.1, 0.15) is 18.4 Å². The van der Waals surface area contributed by atoms with Crippen LogP contribution in [0.1, 0.15) is 41.6 Å². The van der Waals surface area contributed by atoms with Gasteiger partial charge in [0, 0.05) is 6.54 Å². The first-order valence-corrected chi connectivity index (χ1v) is 13.1. The Morgan fingerprint density at radius 3 is 1.85 bits per heavy atom. The molecular formula is C31H39BN2O6. The van der Waals surface area contributed by atoms with Gasteiger partial charge in [0.15, 0.2) is 0 Å². The van der Waals surface area contributed by atoms with Crippen molar-refractivity contribution in [3.05, 3.63) is 101 Å². The first kappa shape index (κ1) is 32.3. The molecule has 0 aliphatic rings. The van der Waals surface area contributed by atoms with E-state index >= 15 is 0 Å². The van der Waals surface area contributed by atoms with Crippen molar-refractivity contribution >= 4 is 31.1 Å². The van der Waals surface area contributed by atoms with Crippen molar-refractivity contribution < 1.29 is 29.6 Å². The van der Waals surface area contributed by atoms with E-state index in [0.29, 0.717) is 12.2 Å². The molecule has 3 N–H and O–H groups in total. The van der Waals surface area contributed by atoms with Gasteiger partial charge in [-0.1, -0.05) is 73.7 Å². The Morgan fingerprint density at radius 2 is 1.38 bits per heavy atom. The van der Waals surface area contributed by atoms with Crippen molar-refractivity contribution in [3.8, 4) is 5.75 Å². The number of hydrogen-bond acceptors (Lipinski definition) is 6. The monoisotopic (exact) mass is 546 g/mol. The first-order chi connectivity index (χ1) is 19.2.